The molecule has 4 aliphatic heterocycles. The number of fused-ring (bicyclic) bond motifs is 4. The van der Waals surface area contributed by atoms with E-state index in [1.54, 1.807) is 12.3 Å². The molecule has 4 amide bonds. The molecule has 8 aromatic carbocycles. The number of benzene rings is 8. The number of likely N-dealkylation sites (tertiary alicyclic amines) is 2. The van der Waals surface area contributed by atoms with E-state index in [1.807, 2.05) is 145 Å². The normalized spacial score (nSPS) is 15.6. The Morgan fingerprint density at radius 2 is 0.821 bits per heavy atom. The van der Waals surface area contributed by atoms with Crippen LogP contribution in [0.5, 0.6) is 5.75 Å². The molecule has 1 unspecified atom stereocenters. The number of carbonyl (C=O) groups excluding carboxylic acids is 4. The zero-order chi connectivity index (χ0) is 86.0. The van der Waals surface area contributed by atoms with Crippen LogP contribution in [-0.4, -0.2) is 249 Å². The molecule has 0 radical (unpaired) electrons. The van der Waals surface area contributed by atoms with Gasteiger partial charge < -0.3 is 50.3 Å². The molecule has 20 heteroatoms. The molecule has 642 valence electrons. The van der Waals surface area contributed by atoms with Gasteiger partial charge >= 0.3 is 0 Å². The maximum absolute atomic E-state index is 13.4. The summed E-state index contributed by atoms with van der Waals surface area (Å²) in [7, 11) is 10.7. The van der Waals surface area contributed by atoms with Gasteiger partial charge in [0.15, 0.2) is 0 Å². The third-order valence-corrected chi connectivity index (χ3v) is 24.0. The number of nitrogens with one attached hydrogen (secondary N) is 3. The van der Waals surface area contributed by atoms with Crippen molar-refractivity contribution in [1.82, 2.24) is 70.2 Å². The van der Waals surface area contributed by atoms with E-state index in [2.05, 4.69) is 188 Å². The third-order valence-electron chi connectivity index (χ3n) is 24.0. The lowest BCUT2D eigenvalue weighted by molar-refractivity contribution is 0.0374. The van der Waals surface area contributed by atoms with E-state index in [9.17, 15) is 24.3 Å². The number of aryl methyl sites for hydroxylation is 3. The number of hydrogen-bond acceptors (Lipinski definition) is 16. The summed E-state index contributed by atoms with van der Waals surface area (Å²) in [6.45, 7) is 24.7. The average molecular weight is 1650 g/mol. The number of carbonyl (C=O) groups is 4. The number of rotatable bonds is 26. The van der Waals surface area contributed by atoms with E-state index >= 15 is 0 Å². The number of phenols is 1. The third kappa shape index (κ3) is 25.5. The fourth-order valence-corrected chi connectivity index (χ4v) is 17.3. The molecule has 4 fully saturated rings. The number of ether oxygens (including phenoxy) is 1. The molecular weight excluding hydrogens is 1530 g/mol. The topological polar surface area (TPSA) is 208 Å². The van der Waals surface area contributed by atoms with Crippen molar-refractivity contribution in [2.45, 2.75) is 91.0 Å². The largest absolute Gasteiger partial charge is 0.506 e. The van der Waals surface area contributed by atoms with Gasteiger partial charge in [0.2, 0.25) is 0 Å². The standard InChI is InChI=1S/C29H36N4O2.C25H30N4O.C25H31N3O.C24H27N3O2/c1-31(2)19-21-6-5-13-33(20-21)26-10-14-32(15-11-26)29(35)24-8-3-7-22(16-24)25-17-23-9-4-12-30-28(23)27(34)18-25;1-19-16-23(18-21-8-4-9-26-24(19)21)20-6-3-7-22(17-20)25(30)27-10-5-11-29-14-12-28(2)13-15-29;1-19-16-23(18-21-12-9-14-26-24(19)21)20-10-8-11-22(17-20)25(29)27-13-6-4-5-7-15-28(2)3;1-18-15-22(17-20-7-3-8-25-23(18)20)19-5-2-6-21(16-19)24(28)26-9-4-10-27-11-13-29-14-12-27/h3-4,7-9,12,16-18,21,26,34H,5-6,10-11,13-15,19-20H2,1-2H3;3-4,6-9,16-18H,5,10-15H2,1-2H3,(H,27,30);8-12,14,16-18H,4-7,13,15H2,1-3H3,(H,27,29);2-3,5-8,15-17H,4,9-14H2,1H3,(H,26,28). The number of unbranched alkanes of at least 4 members (excludes halogenated alkanes) is 3. The maximum atomic E-state index is 13.4. The lowest BCUT2D eigenvalue weighted by Crippen LogP contribution is -2.50. The summed E-state index contributed by atoms with van der Waals surface area (Å²) in [4.78, 5) is 85.3. The van der Waals surface area contributed by atoms with Crippen LogP contribution in [0.25, 0.3) is 88.1 Å². The zero-order valence-electron chi connectivity index (χ0n) is 73.4. The van der Waals surface area contributed by atoms with E-state index in [4.69, 9.17) is 4.74 Å². The first-order valence-electron chi connectivity index (χ1n) is 44.3. The summed E-state index contributed by atoms with van der Waals surface area (Å²) >= 11 is 0. The molecule has 20 nitrogen and oxygen atoms in total. The number of piperidine rings is 2. The quantitative estimate of drug-likeness (QED) is 0.0372. The van der Waals surface area contributed by atoms with Crippen molar-refractivity contribution in [3.8, 4) is 50.3 Å². The van der Waals surface area contributed by atoms with Crippen molar-refractivity contribution < 1.29 is 29.0 Å². The van der Waals surface area contributed by atoms with E-state index in [-0.39, 0.29) is 29.4 Å². The predicted octanol–water partition coefficient (Wildman–Crippen LogP) is 16.8. The Hall–Kier alpha value is -11.2. The second-order valence-corrected chi connectivity index (χ2v) is 34.1. The van der Waals surface area contributed by atoms with Gasteiger partial charge in [-0.15, -0.1) is 0 Å². The Morgan fingerprint density at radius 3 is 1.28 bits per heavy atom. The summed E-state index contributed by atoms with van der Waals surface area (Å²) in [5.74, 6) is 0.983. The van der Waals surface area contributed by atoms with E-state index in [0.29, 0.717) is 46.9 Å². The molecule has 1 atom stereocenters. The summed E-state index contributed by atoms with van der Waals surface area (Å²) in [5, 5.41) is 23.9. The SMILES string of the molecule is CN(C)CC1CCCN(C2CCN(C(=O)c3cccc(-c4cc(O)c5ncccc5c4)c3)CC2)C1.Cc1cc(-c2cccc(C(=O)NCCCCCCN(C)C)c2)cc2cccnc12.Cc1cc(-c2cccc(C(=O)NCCCN3CCN(C)CC3)c2)cc2cccnc12.Cc1cc(-c2cccc(C(=O)NCCCN3CCOCC3)c2)cc2cccnc12. The zero-order valence-corrected chi connectivity index (χ0v) is 73.4. The first kappa shape index (κ1) is 89.6. The minimum atomic E-state index is -0.0204. The lowest BCUT2D eigenvalue weighted by atomic mass is 9.93. The van der Waals surface area contributed by atoms with E-state index < -0.39 is 0 Å². The van der Waals surface area contributed by atoms with Gasteiger partial charge in [-0.05, 0) is 322 Å². The van der Waals surface area contributed by atoms with Gasteiger partial charge in [0, 0.05) is 160 Å². The number of morpholine rings is 1. The summed E-state index contributed by atoms with van der Waals surface area (Å²) in [6.07, 6.45) is 18.4. The molecule has 0 saturated carbocycles. The van der Waals surface area contributed by atoms with Crippen molar-refractivity contribution in [3.05, 3.63) is 258 Å². The number of likely N-dealkylation sites (N-methyl/N-ethyl adjacent to an activating group) is 1. The van der Waals surface area contributed by atoms with Gasteiger partial charge in [0.1, 0.15) is 11.3 Å². The Kier molecular flexibility index (Phi) is 32.6. The highest BCUT2D eigenvalue weighted by atomic mass is 16.5. The highest BCUT2D eigenvalue weighted by molar-refractivity contribution is 5.99. The van der Waals surface area contributed by atoms with Gasteiger partial charge in [-0.1, -0.05) is 85.6 Å². The number of nitrogens with zero attached hydrogens (tertiary/aromatic N) is 11. The Bertz CT molecular complexity index is 5520. The second kappa shape index (κ2) is 44.7. The Morgan fingerprint density at radius 1 is 0.415 bits per heavy atom. The molecule has 16 rings (SSSR count). The lowest BCUT2D eigenvalue weighted by Gasteiger charge is -2.42. The fourth-order valence-electron chi connectivity index (χ4n) is 17.3. The molecule has 4 saturated heterocycles. The number of hydrogen-bond donors (Lipinski definition) is 4. The minimum Gasteiger partial charge on any atom is -0.506 e. The van der Waals surface area contributed by atoms with Crippen LogP contribution in [0.4, 0.5) is 0 Å². The minimum absolute atomic E-state index is 0.000630. The summed E-state index contributed by atoms with van der Waals surface area (Å²) in [5.41, 5.74) is 18.2. The number of piperazine rings is 1. The molecule has 4 aliphatic rings. The van der Waals surface area contributed by atoms with Crippen LogP contribution < -0.4 is 16.0 Å². The van der Waals surface area contributed by atoms with Crippen LogP contribution >= 0.6 is 0 Å². The van der Waals surface area contributed by atoms with E-state index in [1.165, 1.54) is 38.8 Å². The molecule has 4 aromatic heterocycles. The van der Waals surface area contributed by atoms with Crippen LogP contribution in [0.3, 0.4) is 0 Å². The monoisotopic (exact) mass is 1650 g/mol. The Labute approximate surface area is 727 Å². The van der Waals surface area contributed by atoms with Crippen LogP contribution in [0.1, 0.15) is 122 Å². The molecule has 0 bridgehead atoms. The summed E-state index contributed by atoms with van der Waals surface area (Å²) in [6, 6.07) is 64.4. The average Bonchev–Trinajstić information content (AvgIpc) is 0.808. The van der Waals surface area contributed by atoms with E-state index in [0.717, 1.165) is 242 Å². The van der Waals surface area contributed by atoms with Crippen molar-refractivity contribution in [1.29, 1.82) is 0 Å². The van der Waals surface area contributed by atoms with Crippen molar-refractivity contribution >= 4 is 67.2 Å². The number of aromatic hydroxyl groups is 1. The molecular formula is C103H124N14O6. The molecule has 8 heterocycles. The smallest absolute Gasteiger partial charge is 0.253 e. The van der Waals surface area contributed by atoms with Crippen LogP contribution in [0.15, 0.2) is 219 Å². The van der Waals surface area contributed by atoms with Crippen molar-refractivity contribution in [2.24, 2.45) is 5.92 Å². The van der Waals surface area contributed by atoms with Crippen molar-refractivity contribution in [3.63, 3.8) is 0 Å². The van der Waals surface area contributed by atoms with Gasteiger partial charge in [0.25, 0.3) is 23.6 Å². The summed E-state index contributed by atoms with van der Waals surface area (Å²) < 4.78 is 5.37. The molecule has 0 spiro atoms. The molecule has 12 aromatic rings. The van der Waals surface area contributed by atoms with Crippen LogP contribution in [0, 0.1) is 26.7 Å². The van der Waals surface area contributed by atoms with Gasteiger partial charge in [0.05, 0.1) is 29.8 Å². The Balaban J connectivity index is 0.000000142. The predicted molar refractivity (Wildman–Crippen MR) is 501 cm³/mol. The van der Waals surface area contributed by atoms with Crippen LogP contribution in [0.2, 0.25) is 0 Å². The van der Waals surface area contributed by atoms with Gasteiger partial charge in [-0.2, -0.15) is 0 Å². The molecule has 4 N–H and O–H groups in total. The second-order valence-electron chi connectivity index (χ2n) is 34.1. The van der Waals surface area contributed by atoms with Gasteiger partial charge in [-0.25, -0.2) is 0 Å². The van der Waals surface area contributed by atoms with Gasteiger partial charge in [-0.3, -0.25) is 48.9 Å². The number of pyridine rings is 4. The number of phenolic OH excluding ortho intramolecular Hbond substituents is 1. The van der Waals surface area contributed by atoms with Crippen LogP contribution in [-0.2, 0) is 4.74 Å². The number of aromatic nitrogens is 4. The fraction of sp³-hybridized carbons (Fsp3) is 0.379. The number of amides is 4. The first-order valence-corrected chi connectivity index (χ1v) is 44.3. The van der Waals surface area contributed by atoms with Crippen molar-refractivity contribution in [2.75, 3.05) is 160 Å². The highest BCUT2D eigenvalue weighted by Crippen LogP contribution is 2.35. The maximum Gasteiger partial charge on any atom is 0.253 e. The molecule has 0 aliphatic carbocycles. The first-order chi connectivity index (χ1) is 59.8. The molecule has 123 heavy (non-hydrogen) atoms. The highest BCUT2D eigenvalue weighted by Gasteiger charge is 2.31.